The van der Waals surface area contributed by atoms with Gasteiger partial charge >= 0.3 is 0 Å². The highest BCUT2D eigenvalue weighted by Gasteiger charge is 2.25. The Morgan fingerprint density at radius 3 is 2.87 bits per heavy atom. The summed E-state index contributed by atoms with van der Waals surface area (Å²) in [5, 5.41) is 1.47. The Balaban J connectivity index is 1.87. The van der Waals surface area contributed by atoms with E-state index in [-0.39, 0.29) is 5.91 Å². The first-order valence-electron chi connectivity index (χ1n) is 7.76. The number of pyridine rings is 1. The van der Waals surface area contributed by atoms with Crippen LogP contribution < -0.4 is 4.74 Å². The van der Waals surface area contributed by atoms with Crippen LogP contribution in [0.1, 0.15) is 26.2 Å². The summed E-state index contributed by atoms with van der Waals surface area (Å²) < 4.78 is 6.87. The van der Waals surface area contributed by atoms with Gasteiger partial charge in [-0.25, -0.2) is 0 Å². The highest BCUT2D eigenvalue weighted by atomic mass is 127. The van der Waals surface area contributed by atoms with E-state index in [9.17, 15) is 4.79 Å². The second kappa shape index (κ2) is 7.21. The van der Waals surface area contributed by atoms with E-state index >= 15 is 0 Å². The van der Waals surface area contributed by atoms with E-state index in [0.717, 1.165) is 34.9 Å². The SMILES string of the molecule is C[C@@H](Oc1c(I)cc(Cl)c2cccnc12)C(=O)N1CCCCC1. The minimum Gasteiger partial charge on any atom is -0.477 e. The van der Waals surface area contributed by atoms with Crippen molar-refractivity contribution in [3.05, 3.63) is 33.0 Å². The van der Waals surface area contributed by atoms with Crippen LogP contribution in [0.3, 0.4) is 0 Å². The number of halogens is 2. The van der Waals surface area contributed by atoms with Gasteiger partial charge in [0.1, 0.15) is 5.52 Å². The molecule has 4 nitrogen and oxygen atoms in total. The van der Waals surface area contributed by atoms with Crippen molar-refractivity contribution < 1.29 is 9.53 Å². The molecule has 0 N–H and O–H groups in total. The van der Waals surface area contributed by atoms with Crippen LogP contribution in [-0.2, 0) is 4.79 Å². The van der Waals surface area contributed by atoms with Crippen LogP contribution >= 0.6 is 34.2 Å². The van der Waals surface area contributed by atoms with E-state index in [4.69, 9.17) is 16.3 Å². The monoisotopic (exact) mass is 444 g/mol. The quantitative estimate of drug-likeness (QED) is 0.664. The van der Waals surface area contributed by atoms with Crippen molar-refractivity contribution in [2.45, 2.75) is 32.3 Å². The van der Waals surface area contributed by atoms with Gasteiger partial charge in [-0.15, -0.1) is 0 Å². The third-order valence-corrected chi connectivity index (χ3v) is 5.17. The minimum atomic E-state index is -0.534. The number of aromatic nitrogens is 1. The van der Waals surface area contributed by atoms with Gasteiger partial charge in [0.05, 0.1) is 8.59 Å². The van der Waals surface area contributed by atoms with Gasteiger partial charge in [0.15, 0.2) is 11.9 Å². The van der Waals surface area contributed by atoms with Crippen molar-refractivity contribution in [2.24, 2.45) is 0 Å². The number of carbonyl (C=O) groups is 1. The van der Waals surface area contributed by atoms with Crippen molar-refractivity contribution in [3.8, 4) is 5.75 Å². The molecule has 6 heteroatoms. The molecule has 122 valence electrons. The number of rotatable bonds is 3. The molecule has 0 spiro atoms. The Morgan fingerprint density at radius 1 is 1.39 bits per heavy atom. The minimum absolute atomic E-state index is 0.0412. The lowest BCUT2D eigenvalue weighted by atomic mass is 10.1. The fraction of sp³-hybridized carbons (Fsp3) is 0.412. The number of hydrogen-bond acceptors (Lipinski definition) is 3. The van der Waals surface area contributed by atoms with Crippen molar-refractivity contribution in [1.82, 2.24) is 9.88 Å². The van der Waals surface area contributed by atoms with Gasteiger partial charge in [0.25, 0.3) is 5.91 Å². The molecule has 1 saturated heterocycles. The van der Waals surface area contributed by atoms with Gasteiger partial charge < -0.3 is 9.64 Å². The maximum atomic E-state index is 12.6. The normalized spacial score (nSPS) is 16.4. The van der Waals surface area contributed by atoms with Crippen LogP contribution in [0, 0.1) is 3.57 Å². The van der Waals surface area contributed by atoms with E-state index in [1.807, 2.05) is 23.1 Å². The summed E-state index contributed by atoms with van der Waals surface area (Å²) in [4.78, 5) is 18.9. The smallest absolute Gasteiger partial charge is 0.263 e. The fourth-order valence-corrected chi connectivity index (χ4v) is 4.00. The molecule has 1 amide bonds. The summed E-state index contributed by atoms with van der Waals surface area (Å²) in [7, 11) is 0. The predicted molar refractivity (Wildman–Crippen MR) is 100.0 cm³/mol. The second-order valence-corrected chi connectivity index (χ2v) is 7.28. The van der Waals surface area contributed by atoms with Crippen LogP contribution in [0.2, 0.25) is 5.02 Å². The number of nitrogens with zero attached hydrogens (tertiary/aromatic N) is 2. The van der Waals surface area contributed by atoms with E-state index in [1.165, 1.54) is 6.42 Å². The number of hydrogen-bond donors (Lipinski definition) is 0. The summed E-state index contributed by atoms with van der Waals surface area (Å²) >= 11 is 8.45. The topological polar surface area (TPSA) is 42.4 Å². The highest BCUT2D eigenvalue weighted by Crippen LogP contribution is 2.35. The summed E-state index contributed by atoms with van der Waals surface area (Å²) in [6.45, 7) is 3.45. The molecule has 1 aliphatic heterocycles. The molecular weight excluding hydrogens is 427 g/mol. The maximum absolute atomic E-state index is 12.6. The summed E-state index contributed by atoms with van der Waals surface area (Å²) in [6, 6.07) is 5.59. The van der Waals surface area contributed by atoms with Crippen LogP contribution in [0.25, 0.3) is 10.9 Å². The lowest BCUT2D eigenvalue weighted by Gasteiger charge is -2.29. The Hall–Kier alpha value is -1.08. The lowest BCUT2D eigenvalue weighted by molar-refractivity contribution is -0.138. The molecule has 0 radical (unpaired) electrons. The van der Waals surface area contributed by atoms with Gasteiger partial charge in [-0.2, -0.15) is 0 Å². The Bertz CT molecular complexity index is 732. The Morgan fingerprint density at radius 2 is 2.13 bits per heavy atom. The van der Waals surface area contributed by atoms with Crippen LogP contribution in [0.4, 0.5) is 0 Å². The van der Waals surface area contributed by atoms with Crippen molar-refractivity contribution in [2.75, 3.05) is 13.1 Å². The zero-order valence-electron chi connectivity index (χ0n) is 12.9. The largest absolute Gasteiger partial charge is 0.477 e. The van der Waals surface area contributed by atoms with Crippen molar-refractivity contribution in [1.29, 1.82) is 0 Å². The molecular formula is C17H18ClIN2O2. The predicted octanol–water partition coefficient (Wildman–Crippen LogP) is 4.27. The van der Waals surface area contributed by atoms with E-state index in [2.05, 4.69) is 27.6 Å². The number of ether oxygens (including phenoxy) is 1. The van der Waals surface area contributed by atoms with E-state index in [0.29, 0.717) is 16.3 Å². The molecule has 3 rings (SSSR count). The Labute approximate surface area is 154 Å². The molecule has 2 aromatic rings. The summed E-state index contributed by atoms with van der Waals surface area (Å²) in [6.07, 6.45) is 4.51. The average Bonchev–Trinajstić information content (AvgIpc) is 2.58. The molecule has 0 saturated carbocycles. The molecule has 1 aromatic heterocycles. The molecule has 1 aliphatic rings. The van der Waals surface area contributed by atoms with E-state index in [1.54, 1.807) is 13.1 Å². The first kappa shape index (κ1) is 16.8. The third kappa shape index (κ3) is 3.55. The number of amides is 1. The molecule has 2 heterocycles. The standard InChI is InChI=1S/C17H18ClIN2O2/c1-11(17(22)21-8-3-2-4-9-21)23-16-14(19)10-13(18)12-6-5-7-20-15(12)16/h5-7,10-11H,2-4,8-9H2,1H3/t11-/m1/s1. The van der Waals surface area contributed by atoms with Crippen molar-refractivity contribution >= 4 is 51.0 Å². The Kier molecular flexibility index (Phi) is 5.26. The maximum Gasteiger partial charge on any atom is 0.263 e. The van der Waals surface area contributed by atoms with Gasteiger partial charge in [-0.1, -0.05) is 11.6 Å². The third-order valence-electron chi connectivity index (χ3n) is 4.06. The van der Waals surface area contributed by atoms with Crippen LogP contribution in [-0.4, -0.2) is 35.0 Å². The molecule has 1 aromatic carbocycles. The summed E-state index contributed by atoms with van der Waals surface area (Å²) in [5.41, 5.74) is 0.697. The van der Waals surface area contributed by atoms with Gasteiger partial charge in [0, 0.05) is 24.7 Å². The molecule has 0 unspecified atom stereocenters. The second-order valence-electron chi connectivity index (χ2n) is 5.71. The number of piperidine rings is 1. The number of carbonyl (C=O) groups excluding carboxylic acids is 1. The van der Waals surface area contributed by atoms with Crippen LogP contribution in [0.5, 0.6) is 5.75 Å². The number of benzene rings is 1. The fourth-order valence-electron chi connectivity index (χ4n) is 2.86. The van der Waals surface area contributed by atoms with Crippen LogP contribution in [0.15, 0.2) is 24.4 Å². The summed E-state index contributed by atoms with van der Waals surface area (Å²) in [5.74, 6) is 0.669. The van der Waals surface area contributed by atoms with Gasteiger partial charge in [-0.3, -0.25) is 9.78 Å². The van der Waals surface area contributed by atoms with Gasteiger partial charge in [-0.05, 0) is 67.0 Å². The number of fused-ring (bicyclic) bond motifs is 1. The zero-order valence-corrected chi connectivity index (χ0v) is 15.8. The molecule has 1 fully saturated rings. The highest BCUT2D eigenvalue weighted by molar-refractivity contribution is 14.1. The first-order valence-corrected chi connectivity index (χ1v) is 9.22. The van der Waals surface area contributed by atoms with Crippen molar-refractivity contribution in [3.63, 3.8) is 0 Å². The molecule has 23 heavy (non-hydrogen) atoms. The first-order chi connectivity index (χ1) is 11.1. The lowest BCUT2D eigenvalue weighted by Crippen LogP contribution is -2.43. The molecule has 0 bridgehead atoms. The average molecular weight is 445 g/mol. The molecule has 1 atom stereocenters. The zero-order chi connectivity index (χ0) is 16.4. The molecule has 0 aliphatic carbocycles. The van der Waals surface area contributed by atoms with Gasteiger partial charge in [0.2, 0.25) is 0 Å². The van der Waals surface area contributed by atoms with E-state index < -0.39 is 6.10 Å². The number of likely N-dealkylation sites (tertiary alicyclic amines) is 1.